The molecule has 0 aliphatic rings. The van der Waals surface area contributed by atoms with Crippen LogP contribution in [0.1, 0.15) is 16.7 Å². The predicted octanol–water partition coefficient (Wildman–Crippen LogP) is 5.64. The maximum atomic E-state index is 12.8. The van der Waals surface area contributed by atoms with Gasteiger partial charge >= 0.3 is 6.36 Å². The molecule has 0 bridgehead atoms. The Labute approximate surface area is 186 Å². The fourth-order valence-corrected chi connectivity index (χ4v) is 3.90. The van der Waals surface area contributed by atoms with Crippen LogP contribution in [0.2, 0.25) is 0 Å². The Morgan fingerprint density at radius 3 is 2.45 bits per heavy atom. The summed E-state index contributed by atoms with van der Waals surface area (Å²) in [6.45, 7) is 1.78. The minimum Gasteiger partial charge on any atom is -0.406 e. The predicted molar refractivity (Wildman–Crippen MR) is 119 cm³/mol. The molecule has 0 saturated carbocycles. The summed E-state index contributed by atoms with van der Waals surface area (Å²) in [5, 5.41) is 0.636. The van der Waals surface area contributed by atoms with Crippen LogP contribution in [0, 0.1) is 6.92 Å². The Kier molecular flexibility index (Phi) is 4.92. The number of para-hydroxylation sites is 1. The largest absolute Gasteiger partial charge is 0.573 e. The van der Waals surface area contributed by atoms with Crippen molar-refractivity contribution < 1.29 is 17.9 Å². The van der Waals surface area contributed by atoms with E-state index in [1.165, 1.54) is 12.1 Å². The second kappa shape index (κ2) is 7.81. The molecule has 2 aromatic carbocycles. The van der Waals surface area contributed by atoms with Crippen molar-refractivity contribution in [2.75, 3.05) is 0 Å². The van der Waals surface area contributed by atoms with Gasteiger partial charge in [0.1, 0.15) is 17.1 Å². The molecule has 0 atom stereocenters. The molecule has 5 rings (SSSR count). The van der Waals surface area contributed by atoms with Gasteiger partial charge in [-0.25, -0.2) is 4.98 Å². The van der Waals surface area contributed by atoms with Gasteiger partial charge in [-0.05, 0) is 54.8 Å². The van der Waals surface area contributed by atoms with Crippen molar-refractivity contribution in [1.29, 1.82) is 0 Å². The highest BCUT2D eigenvalue weighted by atomic mass is 19.4. The number of benzene rings is 2. The summed E-state index contributed by atoms with van der Waals surface area (Å²) in [7, 11) is 0. The number of imidazole rings is 1. The SMILES string of the molecule is Cc1c(-c2cn3cc(Cc4ccc(OC(F)(F)F)cc4)ccc3n2)[nH]c2ccccc2c1=O. The lowest BCUT2D eigenvalue weighted by atomic mass is 10.1. The van der Waals surface area contributed by atoms with E-state index in [-0.39, 0.29) is 11.2 Å². The lowest BCUT2D eigenvalue weighted by Gasteiger charge is -2.09. The van der Waals surface area contributed by atoms with Crippen molar-refractivity contribution >= 4 is 16.6 Å². The quantitative estimate of drug-likeness (QED) is 0.386. The summed E-state index contributed by atoms with van der Waals surface area (Å²) >= 11 is 0. The lowest BCUT2D eigenvalue weighted by molar-refractivity contribution is -0.274. The molecule has 0 spiro atoms. The number of aromatic amines is 1. The van der Waals surface area contributed by atoms with E-state index in [4.69, 9.17) is 0 Å². The number of nitrogens with zero attached hydrogens (tertiary/aromatic N) is 2. The Morgan fingerprint density at radius 2 is 1.70 bits per heavy atom. The maximum absolute atomic E-state index is 12.8. The van der Waals surface area contributed by atoms with Crippen LogP contribution in [0.25, 0.3) is 27.9 Å². The van der Waals surface area contributed by atoms with Crippen LogP contribution in [0.3, 0.4) is 0 Å². The first-order valence-corrected chi connectivity index (χ1v) is 10.2. The molecular weight excluding hydrogens is 431 g/mol. The molecule has 0 amide bonds. The number of ether oxygens (including phenoxy) is 1. The van der Waals surface area contributed by atoms with E-state index in [1.807, 2.05) is 47.1 Å². The number of H-pyrrole nitrogens is 1. The van der Waals surface area contributed by atoms with Crippen LogP contribution >= 0.6 is 0 Å². The van der Waals surface area contributed by atoms with Crippen molar-refractivity contribution in [3.63, 3.8) is 0 Å². The van der Waals surface area contributed by atoms with Gasteiger partial charge in [0.15, 0.2) is 5.43 Å². The number of nitrogens with one attached hydrogen (secondary N) is 1. The zero-order valence-corrected chi connectivity index (χ0v) is 17.5. The van der Waals surface area contributed by atoms with Gasteiger partial charge in [-0.15, -0.1) is 13.2 Å². The highest BCUT2D eigenvalue weighted by Crippen LogP contribution is 2.25. The molecule has 8 heteroatoms. The van der Waals surface area contributed by atoms with Crippen LogP contribution < -0.4 is 10.2 Å². The summed E-state index contributed by atoms with van der Waals surface area (Å²) in [6.07, 6.45) is -0.409. The molecule has 0 aliphatic carbocycles. The second-order valence-corrected chi connectivity index (χ2v) is 7.80. The van der Waals surface area contributed by atoms with Crippen LogP contribution in [-0.4, -0.2) is 20.7 Å². The Morgan fingerprint density at radius 1 is 0.970 bits per heavy atom. The van der Waals surface area contributed by atoms with Gasteiger partial charge in [-0.3, -0.25) is 4.79 Å². The first kappa shape index (κ1) is 20.8. The second-order valence-electron chi connectivity index (χ2n) is 7.80. The van der Waals surface area contributed by atoms with Crippen LogP contribution in [0.15, 0.2) is 77.9 Å². The lowest BCUT2D eigenvalue weighted by Crippen LogP contribution is -2.17. The molecule has 0 radical (unpaired) electrons. The van der Waals surface area contributed by atoms with Gasteiger partial charge in [0.05, 0.1) is 5.69 Å². The van der Waals surface area contributed by atoms with Crippen molar-refractivity contribution in [2.24, 2.45) is 0 Å². The Hall–Kier alpha value is -4.07. The third kappa shape index (κ3) is 4.19. The van der Waals surface area contributed by atoms with Gasteiger partial charge < -0.3 is 14.1 Å². The summed E-state index contributed by atoms with van der Waals surface area (Å²) in [5.74, 6) is -0.249. The average molecular weight is 449 g/mol. The molecule has 0 fully saturated rings. The fourth-order valence-electron chi connectivity index (χ4n) is 3.90. The first-order chi connectivity index (χ1) is 15.8. The monoisotopic (exact) mass is 449 g/mol. The number of fused-ring (bicyclic) bond motifs is 2. The number of halogens is 3. The minimum atomic E-state index is -4.71. The first-order valence-electron chi connectivity index (χ1n) is 10.2. The van der Waals surface area contributed by atoms with E-state index < -0.39 is 6.36 Å². The highest BCUT2D eigenvalue weighted by Gasteiger charge is 2.30. The molecule has 0 saturated heterocycles. The molecule has 5 nitrogen and oxygen atoms in total. The van der Waals surface area contributed by atoms with Gasteiger partial charge in [0, 0.05) is 28.9 Å². The molecule has 0 unspecified atom stereocenters. The van der Waals surface area contributed by atoms with E-state index in [0.717, 1.165) is 22.3 Å². The normalized spacial score (nSPS) is 11.9. The van der Waals surface area contributed by atoms with Crippen LogP contribution in [-0.2, 0) is 6.42 Å². The summed E-state index contributed by atoms with van der Waals surface area (Å²) < 4.78 is 42.8. The van der Waals surface area contributed by atoms with Gasteiger partial charge in [0.25, 0.3) is 0 Å². The van der Waals surface area contributed by atoms with Crippen molar-refractivity contribution in [3.8, 4) is 17.1 Å². The minimum absolute atomic E-state index is 0.0324. The van der Waals surface area contributed by atoms with Crippen LogP contribution in [0.5, 0.6) is 5.75 Å². The number of hydrogen-bond acceptors (Lipinski definition) is 3. The zero-order valence-electron chi connectivity index (χ0n) is 17.5. The summed E-state index contributed by atoms with van der Waals surface area (Å²) in [6, 6.07) is 17.0. The maximum Gasteiger partial charge on any atom is 0.573 e. The standard InChI is InChI=1S/C25H18F3N3O2/c1-15-23(30-20-5-3-2-4-19(20)24(15)32)21-14-31-13-17(8-11-22(31)29-21)12-16-6-9-18(10-7-16)33-25(26,27)28/h2-11,13-14H,12H2,1H3,(H,30,32). The molecule has 166 valence electrons. The van der Waals surface area contributed by atoms with Crippen molar-refractivity contribution in [1.82, 2.24) is 14.4 Å². The van der Waals surface area contributed by atoms with Gasteiger partial charge in [0.2, 0.25) is 0 Å². The van der Waals surface area contributed by atoms with E-state index >= 15 is 0 Å². The molecule has 5 aromatic rings. The number of aromatic nitrogens is 3. The third-order valence-corrected chi connectivity index (χ3v) is 5.48. The summed E-state index contributed by atoms with van der Waals surface area (Å²) in [4.78, 5) is 20.7. The van der Waals surface area contributed by atoms with Crippen molar-refractivity contribution in [3.05, 3.63) is 100.0 Å². The number of hydrogen-bond donors (Lipinski definition) is 1. The summed E-state index contributed by atoms with van der Waals surface area (Å²) in [5.41, 5.74) is 5.16. The van der Waals surface area contributed by atoms with E-state index in [0.29, 0.717) is 28.8 Å². The van der Waals surface area contributed by atoms with E-state index in [9.17, 15) is 18.0 Å². The molecule has 3 heterocycles. The number of pyridine rings is 2. The number of rotatable bonds is 4. The molecule has 1 N–H and O–H groups in total. The molecule has 33 heavy (non-hydrogen) atoms. The Bertz CT molecular complexity index is 1530. The molecule has 3 aromatic heterocycles. The van der Waals surface area contributed by atoms with Crippen molar-refractivity contribution in [2.45, 2.75) is 19.7 Å². The van der Waals surface area contributed by atoms with Gasteiger partial charge in [-0.2, -0.15) is 0 Å². The number of alkyl halides is 3. The Balaban J connectivity index is 1.45. The zero-order chi connectivity index (χ0) is 23.2. The average Bonchev–Trinajstić information content (AvgIpc) is 3.20. The van der Waals surface area contributed by atoms with Crippen LogP contribution in [0.4, 0.5) is 13.2 Å². The molecule has 0 aliphatic heterocycles. The molecular formula is C25H18F3N3O2. The van der Waals surface area contributed by atoms with E-state index in [1.54, 1.807) is 25.1 Å². The smallest absolute Gasteiger partial charge is 0.406 e. The van der Waals surface area contributed by atoms with E-state index in [2.05, 4.69) is 14.7 Å². The topological polar surface area (TPSA) is 59.4 Å². The third-order valence-electron chi connectivity index (χ3n) is 5.48. The highest BCUT2D eigenvalue weighted by molar-refractivity contribution is 5.82. The van der Waals surface area contributed by atoms with Gasteiger partial charge in [-0.1, -0.05) is 30.3 Å². The fraction of sp³-hybridized carbons (Fsp3) is 0.120.